The molecule has 1 fully saturated rings. The second-order valence-corrected chi connectivity index (χ2v) is 5.96. The van der Waals surface area contributed by atoms with E-state index < -0.39 is 0 Å². The maximum Gasteiger partial charge on any atom is 0.246 e. The fraction of sp³-hybridized carbons (Fsp3) is 0.368. The van der Waals surface area contributed by atoms with Gasteiger partial charge in [-0.2, -0.15) is 0 Å². The highest BCUT2D eigenvalue weighted by atomic mass is 16.3. The third-order valence-electron chi connectivity index (χ3n) is 4.39. The molecule has 0 saturated carbocycles. The van der Waals surface area contributed by atoms with Crippen molar-refractivity contribution in [2.45, 2.75) is 31.7 Å². The number of fused-ring (bicyclic) bond motifs is 1. The summed E-state index contributed by atoms with van der Waals surface area (Å²) in [7, 11) is 0. The molecule has 2 aromatic rings. The molecule has 0 bridgehead atoms. The molecule has 1 N–H and O–H groups in total. The van der Waals surface area contributed by atoms with Gasteiger partial charge < -0.3 is 10.0 Å². The van der Waals surface area contributed by atoms with Crippen LogP contribution in [0.4, 0.5) is 0 Å². The summed E-state index contributed by atoms with van der Waals surface area (Å²) in [5, 5.41) is 10.3. The first-order chi connectivity index (χ1) is 11.3. The summed E-state index contributed by atoms with van der Waals surface area (Å²) in [5.41, 5.74) is 1.71. The molecule has 0 spiro atoms. The number of aliphatic hydroxyl groups is 1. The van der Waals surface area contributed by atoms with E-state index in [1.54, 1.807) is 12.2 Å². The minimum atomic E-state index is 0.0121. The number of aromatic nitrogens is 1. The van der Waals surface area contributed by atoms with Gasteiger partial charge in [-0.1, -0.05) is 24.3 Å². The van der Waals surface area contributed by atoms with Gasteiger partial charge in [-0.15, -0.1) is 0 Å². The maximum atomic E-state index is 12.4. The van der Waals surface area contributed by atoms with E-state index in [-0.39, 0.29) is 18.6 Å². The van der Waals surface area contributed by atoms with E-state index >= 15 is 0 Å². The molecule has 2 heterocycles. The number of nitrogens with zero attached hydrogens (tertiary/aromatic N) is 2. The second kappa shape index (κ2) is 7.38. The first-order valence-corrected chi connectivity index (χ1v) is 8.23. The highest BCUT2D eigenvalue weighted by molar-refractivity contribution is 5.92. The van der Waals surface area contributed by atoms with Crippen molar-refractivity contribution in [3.8, 4) is 0 Å². The standard InChI is InChI=1S/C19H22N2O2/c22-14-12-17-6-3-4-13-21(17)19(23)11-10-16-9-8-15-5-1-2-7-18(15)20-16/h1-2,5,7-11,17,22H,3-4,6,12-14H2/b11-10+. The van der Waals surface area contributed by atoms with E-state index in [0.717, 1.165) is 42.4 Å². The van der Waals surface area contributed by atoms with Gasteiger partial charge in [0.15, 0.2) is 0 Å². The molecule has 4 heteroatoms. The monoisotopic (exact) mass is 310 g/mol. The van der Waals surface area contributed by atoms with Crippen molar-refractivity contribution < 1.29 is 9.90 Å². The van der Waals surface area contributed by atoms with Crippen molar-refractivity contribution in [1.82, 2.24) is 9.88 Å². The highest BCUT2D eigenvalue weighted by Gasteiger charge is 2.24. The van der Waals surface area contributed by atoms with Crippen LogP contribution in [0.3, 0.4) is 0 Å². The lowest BCUT2D eigenvalue weighted by Gasteiger charge is -2.34. The van der Waals surface area contributed by atoms with Crippen molar-refractivity contribution in [2.24, 2.45) is 0 Å². The van der Waals surface area contributed by atoms with Gasteiger partial charge in [0.2, 0.25) is 5.91 Å². The summed E-state index contributed by atoms with van der Waals surface area (Å²) < 4.78 is 0. The van der Waals surface area contributed by atoms with Crippen LogP contribution in [0, 0.1) is 0 Å². The smallest absolute Gasteiger partial charge is 0.246 e. The van der Waals surface area contributed by atoms with Crippen molar-refractivity contribution in [2.75, 3.05) is 13.2 Å². The lowest BCUT2D eigenvalue weighted by molar-refractivity contribution is -0.129. The summed E-state index contributed by atoms with van der Waals surface area (Å²) >= 11 is 0. The zero-order valence-corrected chi connectivity index (χ0v) is 13.2. The first-order valence-electron chi connectivity index (χ1n) is 8.23. The van der Waals surface area contributed by atoms with E-state index in [9.17, 15) is 4.79 Å². The van der Waals surface area contributed by atoms with E-state index in [4.69, 9.17) is 5.11 Å². The van der Waals surface area contributed by atoms with Crippen LogP contribution >= 0.6 is 0 Å². The zero-order chi connectivity index (χ0) is 16.1. The van der Waals surface area contributed by atoms with Gasteiger partial charge in [0.1, 0.15) is 0 Å². The molecular weight excluding hydrogens is 288 g/mol. The Morgan fingerprint density at radius 3 is 3.00 bits per heavy atom. The molecule has 23 heavy (non-hydrogen) atoms. The van der Waals surface area contributed by atoms with Gasteiger partial charge in [-0.05, 0) is 43.9 Å². The molecule has 1 saturated heterocycles. The molecule has 1 amide bonds. The Hall–Kier alpha value is -2.20. The summed E-state index contributed by atoms with van der Waals surface area (Å²) in [6.07, 6.45) is 7.19. The molecular formula is C19H22N2O2. The first kappa shape index (κ1) is 15.7. The summed E-state index contributed by atoms with van der Waals surface area (Å²) in [6.45, 7) is 0.906. The van der Waals surface area contributed by atoms with E-state index in [1.165, 1.54) is 0 Å². The number of aliphatic hydroxyl groups excluding tert-OH is 1. The van der Waals surface area contributed by atoms with Gasteiger partial charge in [-0.25, -0.2) is 4.98 Å². The van der Waals surface area contributed by atoms with E-state index in [1.807, 2.05) is 41.3 Å². The molecule has 1 aromatic carbocycles. The van der Waals surface area contributed by atoms with E-state index in [2.05, 4.69) is 4.98 Å². The average Bonchev–Trinajstić information content (AvgIpc) is 2.60. The zero-order valence-electron chi connectivity index (χ0n) is 13.2. The van der Waals surface area contributed by atoms with Gasteiger partial charge in [-0.3, -0.25) is 4.79 Å². The topological polar surface area (TPSA) is 53.4 Å². The average molecular weight is 310 g/mol. The number of hydrogen-bond acceptors (Lipinski definition) is 3. The fourth-order valence-electron chi connectivity index (χ4n) is 3.17. The molecule has 0 radical (unpaired) electrons. The maximum absolute atomic E-state index is 12.4. The lowest BCUT2D eigenvalue weighted by Crippen LogP contribution is -2.43. The fourth-order valence-corrected chi connectivity index (χ4v) is 3.17. The van der Waals surface area contributed by atoms with Crippen molar-refractivity contribution in [3.63, 3.8) is 0 Å². The number of piperidine rings is 1. The number of benzene rings is 1. The van der Waals surface area contributed by atoms with Crippen LogP contribution in [0.2, 0.25) is 0 Å². The van der Waals surface area contributed by atoms with Crippen LogP contribution in [0.25, 0.3) is 17.0 Å². The number of hydrogen-bond donors (Lipinski definition) is 1. The van der Waals surface area contributed by atoms with Crippen LogP contribution < -0.4 is 0 Å². The highest BCUT2D eigenvalue weighted by Crippen LogP contribution is 2.20. The predicted molar refractivity (Wildman–Crippen MR) is 91.8 cm³/mol. The summed E-state index contributed by atoms with van der Waals surface area (Å²) in [6, 6.07) is 12.0. The third kappa shape index (κ3) is 3.77. The third-order valence-corrected chi connectivity index (χ3v) is 4.39. The van der Waals surface area contributed by atoms with Crippen molar-refractivity contribution in [3.05, 3.63) is 48.2 Å². The van der Waals surface area contributed by atoms with Gasteiger partial charge in [0.05, 0.1) is 11.2 Å². The summed E-state index contributed by atoms with van der Waals surface area (Å²) in [5.74, 6) is 0.0121. The number of amides is 1. The Balaban J connectivity index is 1.73. The normalized spacial score (nSPS) is 18.7. The van der Waals surface area contributed by atoms with Crippen LogP contribution in [0.1, 0.15) is 31.4 Å². The molecule has 1 aromatic heterocycles. The minimum Gasteiger partial charge on any atom is -0.396 e. The van der Waals surface area contributed by atoms with Crippen LogP contribution in [-0.2, 0) is 4.79 Å². The van der Waals surface area contributed by atoms with Crippen LogP contribution in [0.15, 0.2) is 42.5 Å². The lowest BCUT2D eigenvalue weighted by atomic mass is 9.99. The Morgan fingerprint density at radius 2 is 2.13 bits per heavy atom. The van der Waals surface area contributed by atoms with Crippen LogP contribution in [-0.4, -0.2) is 40.1 Å². The minimum absolute atomic E-state index is 0.0121. The largest absolute Gasteiger partial charge is 0.396 e. The van der Waals surface area contributed by atoms with Crippen LogP contribution in [0.5, 0.6) is 0 Å². The van der Waals surface area contributed by atoms with Gasteiger partial charge in [0.25, 0.3) is 0 Å². The molecule has 1 aliphatic heterocycles. The number of rotatable bonds is 4. The Morgan fingerprint density at radius 1 is 1.26 bits per heavy atom. The Bertz CT molecular complexity index is 709. The Kier molecular flexibility index (Phi) is 5.03. The number of carbonyl (C=O) groups excluding carboxylic acids is 1. The van der Waals surface area contributed by atoms with Gasteiger partial charge >= 0.3 is 0 Å². The molecule has 1 atom stereocenters. The second-order valence-electron chi connectivity index (χ2n) is 5.96. The van der Waals surface area contributed by atoms with E-state index in [0.29, 0.717) is 6.42 Å². The molecule has 4 nitrogen and oxygen atoms in total. The molecule has 3 rings (SSSR count). The van der Waals surface area contributed by atoms with Crippen molar-refractivity contribution in [1.29, 1.82) is 0 Å². The molecule has 0 aliphatic carbocycles. The predicted octanol–water partition coefficient (Wildman–Crippen LogP) is 3.01. The Labute approximate surface area is 136 Å². The SMILES string of the molecule is O=C(/C=C/c1ccc2ccccc2n1)N1CCCCC1CCO. The molecule has 1 aliphatic rings. The molecule has 120 valence electrons. The number of likely N-dealkylation sites (tertiary alicyclic amines) is 1. The number of para-hydroxylation sites is 1. The van der Waals surface area contributed by atoms with Crippen molar-refractivity contribution >= 4 is 22.9 Å². The van der Waals surface area contributed by atoms with Gasteiger partial charge in [0, 0.05) is 30.7 Å². The quantitative estimate of drug-likeness (QED) is 0.883. The number of carbonyl (C=O) groups is 1. The summed E-state index contributed by atoms with van der Waals surface area (Å²) in [4.78, 5) is 18.9. The number of pyridine rings is 1. The molecule has 1 unspecified atom stereocenters.